The van der Waals surface area contributed by atoms with Gasteiger partial charge in [-0.25, -0.2) is 9.79 Å². The second kappa shape index (κ2) is 12.6. The fourth-order valence-corrected chi connectivity index (χ4v) is 5.03. The van der Waals surface area contributed by atoms with Crippen LogP contribution in [0.2, 0.25) is 5.02 Å². The lowest BCUT2D eigenvalue weighted by Gasteiger charge is -2.32. The van der Waals surface area contributed by atoms with Gasteiger partial charge in [0.2, 0.25) is 11.8 Å². The number of para-hydroxylation sites is 1. The summed E-state index contributed by atoms with van der Waals surface area (Å²) in [5, 5.41) is 2.99. The van der Waals surface area contributed by atoms with Gasteiger partial charge >= 0.3 is 5.97 Å². The molecule has 0 aliphatic carbocycles. The van der Waals surface area contributed by atoms with Gasteiger partial charge in [0.1, 0.15) is 5.25 Å². The molecule has 0 aromatic heterocycles. The predicted octanol–water partition coefficient (Wildman–Crippen LogP) is 5.72. The van der Waals surface area contributed by atoms with Crippen molar-refractivity contribution in [3.63, 3.8) is 0 Å². The molecule has 0 radical (unpaired) electrons. The van der Waals surface area contributed by atoms with E-state index in [9.17, 15) is 14.4 Å². The van der Waals surface area contributed by atoms with Crippen molar-refractivity contribution in [1.82, 2.24) is 4.90 Å². The van der Waals surface area contributed by atoms with Crippen LogP contribution in [-0.4, -0.2) is 46.3 Å². The number of nitrogens with zero attached hydrogens (tertiary/aromatic N) is 2. The molecule has 0 spiro atoms. The number of carbonyl (C=O) groups excluding carboxylic acids is 3. The fourth-order valence-electron chi connectivity index (χ4n) is 3.72. The minimum absolute atomic E-state index is 0.0383. The lowest BCUT2D eigenvalue weighted by Crippen LogP contribution is -2.46. The van der Waals surface area contributed by atoms with E-state index in [1.165, 1.54) is 11.8 Å². The topological polar surface area (TPSA) is 88.1 Å². The Hall–Kier alpha value is -3.62. The highest BCUT2D eigenvalue weighted by Gasteiger charge is 2.36. The van der Waals surface area contributed by atoms with E-state index in [2.05, 4.69) is 5.32 Å². The summed E-state index contributed by atoms with van der Waals surface area (Å²) in [4.78, 5) is 44.6. The molecule has 0 bridgehead atoms. The molecule has 7 nitrogen and oxygen atoms in total. The molecule has 1 heterocycles. The molecule has 1 aliphatic rings. The van der Waals surface area contributed by atoms with Crippen molar-refractivity contribution >= 4 is 57.7 Å². The summed E-state index contributed by atoms with van der Waals surface area (Å²) in [6, 6.07) is 23.5. The van der Waals surface area contributed by atoms with Crippen LogP contribution in [0, 0.1) is 0 Å². The van der Waals surface area contributed by atoms with Crippen LogP contribution >= 0.6 is 23.4 Å². The number of carbonyl (C=O) groups is 3. The number of thioether (sulfide) groups is 1. The van der Waals surface area contributed by atoms with Crippen molar-refractivity contribution in [2.24, 2.45) is 4.99 Å². The number of anilines is 1. The Morgan fingerprint density at radius 1 is 1.05 bits per heavy atom. The second-order valence-corrected chi connectivity index (χ2v) is 9.80. The first kappa shape index (κ1) is 26.4. The largest absolute Gasteiger partial charge is 0.462 e. The van der Waals surface area contributed by atoms with E-state index in [1.54, 1.807) is 60.4 Å². The molecule has 0 saturated carbocycles. The number of rotatable bonds is 8. The van der Waals surface area contributed by atoms with Gasteiger partial charge in [-0.15, -0.1) is 0 Å². The number of halogens is 1. The average Bonchev–Trinajstić information content (AvgIpc) is 2.90. The average molecular weight is 536 g/mol. The van der Waals surface area contributed by atoms with Crippen molar-refractivity contribution < 1.29 is 19.1 Å². The summed E-state index contributed by atoms with van der Waals surface area (Å²) < 4.78 is 5.03. The summed E-state index contributed by atoms with van der Waals surface area (Å²) in [5.74, 6) is -0.917. The highest BCUT2D eigenvalue weighted by atomic mass is 35.5. The number of aliphatic imine (C=N–C) groups is 1. The molecule has 190 valence electrons. The number of ether oxygens (including phenoxy) is 1. The molecule has 9 heteroatoms. The van der Waals surface area contributed by atoms with Crippen LogP contribution in [0.4, 0.5) is 11.4 Å². The van der Waals surface area contributed by atoms with Crippen molar-refractivity contribution in [1.29, 1.82) is 0 Å². The maximum absolute atomic E-state index is 13.2. The zero-order chi connectivity index (χ0) is 26.2. The summed E-state index contributed by atoms with van der Waals surface area (Å²) in [5.41, 5.74) is 2.55. The Balaban J connectivity index is 1.57. The fraction of sp³-hybridized carbons (Fsp3) is 0.214. The Labute approximate surface area is 224 Å². The molecule has 1 fully saturated rings. The van der Waals surface area contributed by atoms with Gasteiger partial charge in [-0.1, -0.05) is 65.8 Å². The van der Waals surface area contributed by atoms with E-state index in [-0.39, 0.29) is 24.8 Å². The van der Waals surface area contributed by atoms with Gasteiger partial charge in [-0.05, 0) is 55.3 Å². The quantitative estimate of drug-likeness (QED) is 0.373. The van der Waals surface area contributed by atoms with E-state index in [4.69, 9.17) is 21.3 Å². The summed E-state index contributed by atoms with van der Waals surface area (Å²) >= 11 is 7.43. The third-order valence-electron chi connectivity index (χ3n) is 5.63. The van der Waals surface area contributed by atoms with Crippen LogP contribution in [-0.2, 0) is 20.7 Å². The Morgan fingerprint density at radius 2 is 1.76 bits per heavy atom. The molecule has 0 unspecified atom stereocenters. The van der Waals surface area contributed by atoms with Crippen molar-refractivity contribution in [3.05, 3.63) is 95.0 Å². The molecule has 1 saturated heterocycles. The highest BCUT2D eigenvalue weighted by Crippen LogP contribution is 2.31. The molecule has 1 atom stereocenters. The van der Waals surface area contributed by atoms with Gasteiger partial charge in [0, 0.05) is 13.0 Å². The first-order chi connectivity index (χ1) is 17.9. The number of esters is 1. The number of amides is 2. The highest BCUT2D eigenvalue weighted by molar-refractivity contribution is 8.15. The normalized spacial score (nSPS) is 16.5. The van der Waals surface area contributed by atoms with Crippen LogP contribution < -0.4 is 5.32 Å². The van der Waals surface area contributed by atoms with Gasteiger partial charge in [0.15, 0.2) is 5.17 Å². The van der Waals surface area contributed by atoms with Crippen LogP contribution in [0.15, 0.2) is 83.9 Å². The Bertz CT molecular complexity index is 1300. The summed E-state index contributed by atoms with van der Waals surface area (Å²) in [6.45, 7) is 2.46. The molecule has 1 aliphatic heterocycles. The van der Waals surface area contributed by atoms with Gasteiger partial charge in [0.25, 0.3) is 0 Å². The van der Waals surface area contributed by atoms with E-state index in [0.29, 0.717) is 40.1 Å². The van der Waals surface area contributed by atoms with Gasteiger partial charge in [0.05, 0.1) is 28.6 Å². The number of nitrogens with one attached hydrogen (secondary N) is 1. The predicted molar refractivity (Wildman–Crippen MR) is 147 cm³/mol. The molecule has 1 N–H and O–H groups in total. The molecule has 37 heavy (non-hydrogen) atoms. The second-order valence-electron chi connectivity index (χ2n) is 8.22. The molecular weight excluding hydrogens is 510 g/mol. The third-order valence-corrected chi connectivity index (χ3v) is 7.15. The van der Waals surface area contributed by atoms with Crippen LogP contribution in [0.25, 0.3) is 0 Å². The number of amidine groups is 1. The smallest absolute Gasteiger partial charge is 0.338 e. The van der Waals surface area contributed by atoms with Crippen molar-refractivity contribution in [3.8, 4) is 0 Å². The summed E-state index contributed by atoms with van der Waals surface area (Å²) in [6.07, 6.45) is 0.682. The lowest BCUT2D eigenvalue weighted by molar-refractivity contribution is -0.129. The van der Waals surface area contributed by atoms with E-state index in [1.807, 2.05) is 30.3 Å². The Kier molecular flexibility index (Phi) is 8.98. The molecule has 2 amide bonds. The van der Waals surface area contributed by atoms with Crippen LogP contribution in [0.1, 0.15) is 29.3 Å². The number of hydrogen-bond donors (Lipinski definition) is 1. The number of hydrogen-bond acceptors (Lipinski definition) is 6. The molecule has 4 rings (SSSR count). The van der Waals surface area contributed by atoms with Gasteiger partial charge in [-0.3, -0.25) is 14.5 Å². The first-order valence-corrected chi connectivity index (χ1v) is 13.1. The molecule has 3 aromatic carbocycles. The number of benzene rings is 3. The monoisotopic (exact) mass is 535 g/mol. The van der Waals surface area contributed by atoms with Gasteiger partial charge in [-0.2, -0.15) is 0 Å². The zero-order valence-electron chi connectivity index (χ0n) is 20.2. The van der Waals surface area contributed by atoms with Crippen LogP contribution in [0.5, 0.6) is 0 Å². The van der Waals surface area contributed by atoms with E-state index >= 15 is 0 Å². The van der Waals surface area contributed by atoms with Crippen LogP contribution in [0.3, 0.4) is 0 Å². The minimum atomic E-state index is -0.672. The standard InChI is InChI=1S/C28H26ClN3O4S/c1-2-36-27(35)20-12-14-21(15-13-20)30-28-32(17-16-19-8-4-3-5-9-19)25(33)18-24(37-28)26(34)31-23-11-7-6-10-22(23)29/h3-15,24H,2,16-18H2,1H3,(H,31,34)/t24-/m1/s1. The van der Waals surface area contributed by atoms with Crippen molar-refractivity contribution in [2.75, 3.05) is 18.5 Å². The maximum atomic E-state index is 13.2. The van der Waals surface area contributed by atoms with E-state index in [0.717, 1.165) is 5.56 Å². The van der Waals surface area contributed by atoms with Crippen molar-refractivity contribution in [2.45, 2.75) is 25.0 Å². The lowest BCUT2D eigenvalue weighted by atomic mass is 10.1. The summed E-state index contributed by atoms with van der Waals surface area (Å²) in [7, 11) is 0. The third kappa shape index (κ3) is 6.99. The molecular formula is C28H26ClN3O4S. The first-order valence-electron chi connectivity index (χ1n) is 11.9. The maximum Gasteiger partial charge on any atom is 0.338 e. The zero-order valence-corrected chi connectivity index (χ0v) is 21.8. The molecule has 3 aromatic rings. The Morgan fingerprint density at radius 3 is 2.46 bits per heavy atom. The SMILES string of the molecule is CCOC(=O)c1ccc(N=C2S[C@@H](C(=O)Nc3ccccc3Cl)CC(=O)N2CCc2ccccc2)cc1. The van der Waals surface area contributed by atoms with E-state index < -0.39 is 11.2 Å². The minimum Gasteiger partial charge on any atom is -0.462 e. The van der Waals surface area contributed by atoms with Gasteiger partial charge < -0.3 is 10.1 Å².